The molecule has 4 heterocycles. The van der Waals surface area contributed by atoms with E-state index in [0.717, 1.165) is 0 Å². The van der Waals surface area contributed by atoms with Crippen molar-refractivity contribution in [1.82, 2.24) is 14.8 Å². The van der Waals surface area contributed by atoms with Crippen LogP contribution < -0.4 is 10.6 Å². The van der Waals surface area contributed by atoms with Crippen LogP contribution in [-0.4, -0.2) is 52.1 Å². The van der Waals surface area contributed by atoms with Gasteiger partial charge in [-0.15, -0.1) is 0 Å². The lowest BCUT2D eigenvalue weighted by molar-refractivity contribution is -0.137. The Morgan fingerprint density at radius 1 is 1.17 bits per heavy atom. The van der Waals surface area contributed by atoms with E-state index in [0.29, 0.717) is 53.4 Å². The molecule has 1 atom stereocenters. The number of hydrogen-bond donors (Lipinski definition) is 2. The molecule has 1 fully saturated rings. The maximum atomic E-state index is 14.7. The Morgan fingerprint density at radius 2 is 1.97 bits per heavy atom. The van der Waals surface area contributed by atoms with Gasteiger partial charge in [-0.2, -0.15) is 0 Å². The van der Waals surface area contributed by atoms with Gasteiger partial charge in [0.05, 0.1) is 10.7 Å². The molecule has 186 valence electrons. The Labute approximate surface area is 211 Å². The number of anilines is 1. The first-order valence-electron chi connectivity index (χ1n) is 11.7. The zero-order valence-corrected chi connectivity index (χ0v) is 20.3. The van der Waals surface area contributed by atoms with E-state index in [1.807, 2.05) is 0 Å². The highest BCUT2D eigenvalue weighted by Gasteiger charge is 2.35. The molecule has 2 aromatic carbocycles. The molecule has 0 aliphatic carbocycles. The lowest BCUT2D eigenvalue weighted by Crippen LogP contribution is -2.44. The fourth-order valence-electron chi connectivity index (χ4n) is 4.94. The Kier molecular flexibility index (Phi) is 6.26. The van der Waals surface area contributed by atoms with E-state index in [9.17, 15) is 23.6 Å². The van der Waals surface area contributed by atoms with Crippen LogP contribution in [0.1, 0.15) is 46.0 Å². The number of rotatable bonds is 1. The maximum Gasteiger partial charge on any atom is 0.251 e. The summed E-state index contributed by atoms with van der Waals surface area (Å²) < 4.78 is 16.4. The van der Waals surface area contributed by atoms with Crippen molar-refractivity contribution >= 4 is 51.7 Å². The molecule has 10 heteroatoms. The minimum absolute atomic E-state index is 0.0673. The molecule has 1 aromatic heterocycles. The average Bonchev–Trinajstić information content (AvgIpc) is 3.47. The Hall–Kier alpha value is -3.72. The number of ketones is 1. The van der Waals surface area contributed by atoms with Gasteiger partial charge in [-0.3, -0.25) is 19.2 Å². The van der Waals surface area contributed by atoms with Gasteiger partial charge >= 0.3 is 0 Å². The molecule has 3 amide bonds. The summed E-state index contributed by atoms with van der Waals surface area (Å²) in [4.78, 5) is 53.0. The average molecular weight is 511 g/mol. The van der Waals surface area contributed by atoms with Crippen LogP contribution in [0.5, 0.6) is 0 Å². The smallest absolute Gasteiger partial charge is 0.251 e. The molecule has 0 radical (unpaired) electrons. The molecule has 8 nitrogen and oxygen atoms in total. The summed E-state index contributed by atoms with van der Waals surface area (Å²) in [5.74, 6) is -2.07. The molecule has 3 aromatic rings. The second-order valence-electron chi connectivity index (χ2n) is 9.14. The van der Waals surface area contributed by atoms with Crippen molar-refractivity contribution in [2.75, 3.05) is 18.4 Å². The molecule has 0 saturated carbocycles. The van der Waals surface area contributed by atoms with E-state index < -0.39 is 17.8 Å². The summed E-state index contributed by atoms with van der Waals surface area (Å²) >= 11 is 6.07. The van der Waals surface area contributed by atoms with Gasteiger partial charge in [-0.25, -0.2) is 4.39 Å². The molecule has 3 aliphatic heterocycles. The van der Waals surface area contributed by atoms with Gasteiger partial charge < -0.3 is 20.1 Å². The largest absolute Gasteiger partial charge is 0.352 e. The normalized spacial score (nSPS) is 18.7. The summed E-state index contributed by atoms with van der Waals surface area (Å²) in [6, 6.07) is 7.19. The zero-order valence-electron chi connectivity index (χ0n) is 19.6. The minimum Gasteiger partial charge on any atom is -0.352 e. The number of halogens is 2. The minimum atomic E-state index is -0.755. The van der Waals surface area contributed by atoms with Gasteiger partial charge in [-0.05, 0) is 62.1 Å². The van der Waals surface area contributed by atoms with Crippen molar-refractivity contribution in [3.8, 4) is 0 Å². The first-order chi connectivity index (χ1) is 17.2. The number of carbonyl (C=O) groups excluding carboxylic acids is 4. The molecule has 2 N–H and O–H groups in total. The molecular formula is C26H24ClFN4O4. The van der Waals surface area contributed by atoms with Crippen molar-refractivity contribution in [3.63, 3.8) is 0 Å². The quantitative estimate of drug-likeness (QED) is 0.489. The number of benzene rings is 2. The van der Waals surface area contributed by atoms with Crippen molar-refractivity contribution in [2.45, 2.75) is 38.8 Å². The van der Waals surface area contributed by atoms with Crippen LogP contribution in [0.2, 0.25) is 5.02 Å². The second kappa shape index (κ2) is 9.39. The van der Waals surface area contributed by atoms with Gasteiger partial charge in [0.1, 0.15) is 12.6 Å². The zero-order chi connectivity index (χ0) is 25.6. The SMILES string of the molecule is CC(=O)c1cn2c3ccc(cc13)C(=O)NCCc1cc(Cl)c(F)c(c1)NC(=O)[C@@H]1CCCN1C(=O)C2. The number of Topliss-reactive ketones (excluding diaryl/α,β-unsaturated/α-hetero) is 1. The molecule has 36 heavy (non-hydrogen) atoms. The summed E-state index contributed by atoms with van der Waals surface area (Å²) in [7, 11) is 0. The van der Waals surface area contributed by atoms with Crippen LogP contribution in [0.3, 0.4) is 0 Å². The number of nitrogens with zero attached hydrogens (tertiary/aromatic N) is 2. The lowest BCUT2D eigenvalue weighted by Gasteiger charge is -2.25. The third-order valence-corrected chi connectivity index (χ3v) is 7.02. The molecule has 0 spiro atoms. The molecule has 6 rings (SSSR count). The van der Waals surface area contributed by atoms with Gasteiger partial charge in [0.25, 0.3) is 5.91 Å². The van der Waals surface area contributed by atoms with Crippen molar-refractivity contribution in [1.29, 1.82) is 0 Å². The molecular weight excluding hydrogens is 487 g/mol. The standard InChI is InChI=1S/C26H24ClFN4O4/c1-14(33)18-12-31-13-23(34)32-8-2-3-22(32)26(36)30-20-10-15(9-19(27)24(20)28)6-7-29-25(35)16-4-5-21(31)17(18)11-16/h4-5,9-12,22H,2-3,6-8,13H2,1H3,(H,29,35)(H,30,36)/t22-/m0/s1. The number of carbonyl (C=O) groups is 4. The van der Waals surface area contributed by atoms with E-state index in [-0.39, 0.29) is 41.4 Å². The predicted octanol–water partition coefficient (Wildman–Crippen LogP) is 3.55. The summed E-state index contributed by atoms with van der Waals surface area (Å²) in [6.45, 7) is 1.98. The molecule has 1 saturated heterocycles. The summed E-state index contributed by atoms with van der Waals surface area (Å²) in [6.07, 6.45) is 3.04. The summed E-state index contributed by atoms with van der Waals surface area (Å²) in [5.41, 5.74) is 1.98. The van der Waals surface area contributed by atoms with Crippen LogP contribution in [-0.2, 0) is 22.6 Å². The Bertz CT molecular complexity index is 1430. The van der Waals surface area contributed by atoms with Gasteiger partial charge in [0, 0.05) is 41.3 Å². The fourth-order valence-corrected chi connectivity index (χ4v) is 5.19. The number of amides is 3. The first kappa shape index (κ1) is 24.0. The van der Waals surface area contributed by atoms with Crippen LogP contribution in [0.25, 0.3) is 10.9 Å². The lowest BCUT2D eigenvalue weighted by atomic mass is 10.1. The van der Waals surface area contributed by atoms with E-state index in [4.69, 9.17) is 11.6 Å². The predicted molar refractivity (Wildman–Crippen MR) is 133 cm³/mol. The molecule has 3 aliphatic rings. The van der Waals surface area contributed by atoms with Crippen LogP contribution in [0, 0.1) is 5.82 Å². The number of fused-ring (bicyclic) bond motifs is 6. The van der Waals surface area contributed by atoms with E-state index in [1.54, 1.807) is 29.0 Å². The van der Waals surface area contributed by atoms with Crippen LogP contribution >= 0.6 is 11.6 Å². The number of hydrogen-bond acceptors (Lipinski definition) is 4. The monoisotopic (exact) mass is 510 g/mol. The van der Waals surface area contributed by atoms with Crippen molar-refractivity contribution in [2.24, 2.45) is 0 Å². The highest BCUT2D eigenvalue weighted by Crippen LogP contribution is 2.28. The molecule has 0 unspecified atom stereocenters. The first-order valence-corrected chi connectivity index (χ1v) is 12.1. The number of nitrogens with one attached hydrogen (secondary N) is 2. The summed E-state index contributed by atoms with van der Waals surface area (Å²) in [5, 5.41) is 5.85. The third kappa shape index (κ3) is 4.35. The highest BCUT2D eigenvalue weighted by atomic mass is 35.5. The molecule has 6 bridgehead atoms. The third-order valence-electron chi connectivity index (χ3n) is 6.75. The fraction of sp³-hybridized carbons (Fsp3) is 0.308. The van der Waals surface area contributed by atoms with Crippen molar-refractivity contribution in [3.05, 3.63) is 64.1 Å². The van der Waals surface area contributed by atoms with Gasteiger partial charge in [0.15, 0.2) is 11.6 Å². The highest BCUT2D eigenvalue weighted by molar-refractivity contribution is 6.31. The van der Waals surface area contributed by atoms with Crippen LogP contribution in [0.4, 0.5) is 10.1 Å². The Morgan fingerprint density at radius 3 is 2.75 bits per heavy atom. The van der Waals surface area contributed by atoms with Crippen molar-refractivity contribution < 1.29 is 23.6 Å². The Balaban J connectivity index is 1.58. The van der Waals surface area contributed by atoms with E-state index >= 15 is 0 Å². The topological polar surface area (TPSA) is 101 Å². The van der Waals surface area contributed by atoms with Gasteiger partial charge in [-0.1, -0.05) is 11.6 Å². The van der Waals surface area contributed by atoms with E-state index in [2.05, 4.69) is 10.6 Å². The van der Waals surface area contributed by atoms with Crippen LogP contribution in [0.15, 0.2) is 36.5 Å². The van der Waals surface area contributed by atoms with Gasteiger partial charge in [0.2, 0.25) is 11.8 Å². The maximum absolute atomic E-state index is 14.7. The van der Waals surface area contributed by atoms with E-state index in [1.165, 1.54) is 24.0 Å². The number of aromatic nitrogens is 1. The second-order valence-corrected chi connectivity index (χ2v) is 9.55.